The molecule has 1 fully saturated rings. The molecule has 2 aromatic rings. The molecule has 7 heteroatoms. The normalized spacial score (nSPS) is 15.6. The van der Waals surface area contributed by atoms with Crippen LogP contribution in [0.2, 0.25) is 0 Å². The fourth-order valence-corrected chi connectivity index (χ4v) is 3.60. The molecule has 0 saturated carbocycles. The zero-order valence-electron chi connectivity index (χ0n) is 15.9. The van der Waals surface area contributed by atoms with E-state index in [-0.39, 0.29) is 24.5 Å². The van der Waals surface area contributed by atoms with E-state index in [1.165, 1.54) is 0 Å². The summed E-state index contributed by atoms with van der Waals surface area (Å²) in [6, 6.07) is 14.3. The fourth-order valence-electron chi connectivity index (χ4n) is 3.60. The number of carbonyl (C=O) groups is 2. The van der Waals surface area contributed by atoms with Crippen LogP contribution >= 0.6 is 0 Å². The SMILES string of the molecule is N#Cc1ccc(C(=O)N2CCC(C(=O)NCc3ccc4c(c3)OCO4)CC2)cc1. The van der Waals surface area contributed by atoms with Crippen molar-refractivity contribution in [1.29, 1.82) is 5.26 Å². The van der Waals surface area contributed by atoms with Crippen molar-refractivity contribution in [3.63, 3.8) is 0 Å². The molecule has 2 aromatic carbocycles. The van der Waals surface area contributed by atoms with Gasteiger partial charge in [0, 0.05) is 31.1 Å². The third kappa shape index (κ3) is 4.16. The second-order valence-corrected chi connectivity index (χ2v) is 7.16. The highest BCUT2D eigenvalue weighted by Gasteiger charge is 2.27. The first kappa shape index (κ1) is 18.8. The smallest absolute Gasteiger partial charge is 0.253 e. The minimum absolute atomic E-state index is 0.00754. The largest absolute Gasteiger partial charge is 0.454 e. The van der Waals surface area contributed by atoms with Crippen molar-refractivity contribution in [2.75, 3.05) is 19.9 Å². The van der Waals surface area contributed by atoms with Gasteiger partial charge in [-0.3, -0.25) is 9.59 Å². The van der Waals surface area contributed by atoms with E-state index in [0.717, 1.165) is 11.3 Å². The number of hydrogen-bond acceptors (Lipinski definition) is 5. The van der Waals surface area contributed by atoms with Crippen LogP contribution in [0.4, 0.5) is 0 Å². The molecule has 0 radical (unpaired) electrons. The topological polar surface area (TPSA) is 91.7 Å². The van der Waals surface area contributed by atoms with Gasteiger partial charge in [0.15, 0.2) is 11.5 Å². The van der Waals surface area contributed by atoms with Crippen molar-refractivity contribution in [1.82, 2.24) is 10.2 Å². The Morgan fingerprint density at radius 2 is 1.79 bits per heavy atom. The van der Waals surface area contributed by atoms with Crippen LogP contribution in [0.25, 0.3) is 0 Å². The monoisotopic (exact) mass is 391 g/mol. The van der Waals surface area contributed by atoms with Gasteiger partial charge in [-0.1, -0.05) is 6.07 Å². The van der Waals surface area contributed by atoms with Gasteiger partial charge in [-0.15, -0.1) is 0 Å². The van der Waals surface area contributed by atoms with Crippen LogP contribution in [0.1, 0.15) is 34.3 Å². The zero-order chi connectivity index (χ0) is 20.2. The first-order chi connectivity index (χ1) is 14.1. The number of likely N-dealkylation sites (tertiary alicyclic amines) is 1. The summed E-state index contributed by atoms with van der Waals surface area (Å²) in [7, 11) is 0. The maximum atomic E-state index is 12.6. The number of nitriles is 1. The van der Waals surface area contributed by atoms with E-state index < -0.39 is 0 Å². The van der Waals surface area contributed by atoms with E-state index in [1.807, 2.05) is 24.3 Å². The number of benzene rings is 2. The van der Waals surface area contributed by atoms with Crippen LogP contribution in [0, 0.1) is 17.2 Å². The lowest BCUT2D eigenvalue weighted by atomic mass is 9.95. The van der Waals surface area contributed by atoms with Crippen molar-refractivity contribution in [2.45, 2.75) is 19.4 Å². The quantitative estimate of drug-likeness (QED) is 0.864. The lowest BCUT2D eigenvalue weighted by Crippen LogP contribution is -2.42. The second-order valence-electron chi connectivity index (χ2n) is 7.16. The Kier molecular flexibility index (Phi) is 5.34. The van der Waals surface area contributed by atoms with Crippen LogP contribution < -0.4 is 14.8 Å². The number of ether oxygens (including phenoxy) is 2. The van der Waals surface area contributed by atoms with E-state index in [2.05, 4.69) is 5.32 Å². The molecule has 2 aliphatic rings. The number of fused-ring (bicyclic) bond motifs is 1. The maximum absolute atomic E-state index is 12.6. The third-order valence-corrected chi connectivity index (χ3v) is 5.32. The molecular formula is C22H21N3O4. The van der Waals surface area contributed by atoms with Gasteiger partial charge in [-0.2, -0.15) is 5.26 Å². The van der Waals surface area contributed by atoms with Gasteiger partial charge in [0.05, 0.1) is 11.6 Å². The summed E-state index contributed by atoms with van der Waals surface area (Å²) in [4.78, 5) is 26.9. The lowest BCUT2D eigenvalue weighted by molar-refractivity contribution is -0.126. The molecule has 4 rings (SSSR count). The maximum Gasteiger partial charge on any atom is 0.253 e. The Bertz CT molecular complexity index is 957. The van der Waals surface area contributed by atoms with E-state index in [9.17, 15) is 9.59 Å². The molecule has 7 nitrogen and oxygen atoms in total. The number of rotatable bonds is 4. The minimum atomic E-state index is -0.103. The highest BCUT2D eigenvalue weighted by atomic mass is 16.7. The van der Waals surface area contributed by atoms with Gasteiger partial charge in [0.1, 0.15) is 0 Å². The predicted molar refractivity (Wildman–Crippen MR) is 104 cm³/mol. The molecule has 2 amide bonds. The van der Waals surface area contributed by atoms with E-state index >= 15 is 0 Å². The first-order valence-electron chi connectivity index (χ1n) is 9.60. The van der Waals surface area contributed by atoms with Gasteiger partial charge in [0.2, 0.25) is 12.7 Å². The van der Waals surface area contributed by atoms with E-state index in [4.69, 9.17) is 14.7 Å². The number of nitrogens with one attached hydrogen (secondary N) is 1. The molecule has 148 valence electrons. The van der Waals surface area contributed by atoms with Gasteiger partial charge in [-0.05, 0) is 54.8 Å². The molecule has 0 unspecified atom stereocenters. The summed E-state index contributed by atoms with van der Waals surface area (Å²) in [6.07, 6.45) is 1.27. The number of amides is 2. The summed E-state index contributed by atoms with van der Waals surface area (Å²) in [5, 5.41) is 11.8. The average molecular weight is 391 g/mol. The highest BCUT2D eigenvalue weighted by molar-refractivity contribution is 5.94. The number of nitrogens with zero attached hydrogens (tertiary/aromatic N) is 2. The molecular weight excluding hydrogens is 370 g/mol. The van der Waals surface area contributed by atoms with Gasteiger partial charge >= 0.3 is 0 Å². The van der Waals surface area contributed by atoms with Crippen LogP contribution in [0.5, 0.6) is 11.5 Å². The van der Waals surface area contributed by atoms with Crippen molar-refractivity contribution in [3.8, 4) is 17.6 Å². The number of carbonyl (C=O) groups excluding carboxylic acids is 2. The van der Waals surface area contributed by atoms with Gasteiger partial charge in [0.25, 0.3) is 5.91 Å². The van der Waals surface area contributed by atoms with E-state index in [1.54, 1.807) is 29.2 Å². The molecule has 2 heterocycles. The predicted octanol–water partition coefficient (Wildman–Crippen LogP) is 2.46. The first-order valence-corrected chi connectivity index (χ1v) is 9.60. The fraction of sp³-hybridized carbons (Fsp3) is 0.318. The lowest BCUT2D eigenvalue weighted by Gasteiger charge is -2.31. The summed E-state index contributed by atoms with van der Waals surface area (Å²) in [5.41, 5.74) is 2.05. The molecule has 0 spiro atoms. The Hall–Kier alpha value is -3.53. The molecule has 0 atom stereocenters. The van der Waals surface area contributed by atoms with Crippen molar-refractivity contribution >= 4 is 11.8 Å². The minimum Gasteiger partial charge on any atom is -0.454 e. The van der Waals surface area contributed by atoms with Gasteiger partial charge in [-0.25, -0.2) is 0 Å². The molecule has 2 aliphatic heterocycles. The average Bonchev–Trinajstić information content (AvgIpc) is 3.25. The Labute approximate surface area is 168 Å². The third-order valence-electron chi connectivity index (χ3n) is 5.32. The number of hydrogen-bond donors (Lipinski definition) is 1. The Morgan fingerprint density at radius 1 is 1.07 bits per heavy atom. The Morgan fingerprint density at radius 3 is 2.52 bits per heavy atom. The van der Waals surface area contributed by atoms with E-state index in [0.29, 0.717) is 49.4 Å². The second kappa shape index (κ2) is 8.23. The summed E-state index contributed by atoms with van der Waals surface area (Å²) in [6.45, 7) is 1.74. The summed E-state index contributed by atoms with van der Waals surface area (Å²) < 4.78 is 10.6. The summed E-state index contributed by atoms with van der Waals surface area (Å²) in [5.74, 6) is 1.27. The van der Waals surface area contributed by atoms with Crippen LogP contribution in [0.15, 0.2) is 42.5 Å². The molecule has 1 N–H and O–H groups in total. The highest BCUT2D eigenvalue weighted by Crippen LogP contribution is 2.32. The van der Waals surface area contributed by atoms with Gasteiger partial charge < -0.3 is 19.7 Å². The van der Waals surface area contributed by atoms with Crippen molar-refractivity contribution < 1.29 is 19.1 Å². The van der Waals surface area contributed by atoms with Crippen molar-refractivity contribution in [3.05, 3.63) is 59.2 Å². The van der Waals surface area contributed by atoms with Crippen LogP contribution in [-0.4, -0.2) is 36.6 Å². The molecule has 0 bridgehead atoms. The molecule has 29 heavy (non-hydrogen) atoms. The molecule has 0 aliphatic carbocycles. The molecule has 1 saturated heterocycles. The number of piperidine rings is 1. The summed E-state index contributed by atoms with van der Waals surface area (Å²) >= 11 is 0. The zero-order valence-corrected chi connectivity index (χ0v) is 15.9. The standard InChI is InChI=1S/C22H21N3O4/c23-12-15-1-4-18(5-2-15)22(27)25-9-7-17(8-10-25)21(26)24-13-16-3-6-19-20(11-16)29-14-28-19/h1-6,11,17H,7-10,13-14H2,(H,24,26). The van der Waals surface area contributed by atoms with Crippen molar-refractivity contribution in [2.24, 2.45) is 5.92 Å². The van der Waals surface area contributed by atoms with Crippen LogP contribution in [0.3, 0.4) is 0 Å². The Balaban J connectivity index is 1.27. The molecule has 0 aromatic heterocycles. The van der Waals surface area contributed by atoms with Crippen LogP contribution in [-0.2, 0) is 11.3 Å².